The lowest BCUT2D eigenvalue weighted by molar-refractivity contribution is -0.127. The first-order valence-corrected chi connectivity index (χ1v) is 8.94. The molecule has 2 aliphatic carbocycles. The third-order valence-electron chi connectivity index (χ3n) is 5.48. The Morgan fingerprint density at radius 2 is 1.96 bits per heavy atom. The van der Waals surface area contributed by atoms with E-state index in [1.165, 1.54) is 6.42 Å². The van der Waals surface area contributed by atoms with Crippen molar-refractivity contribution in [2.75, 3.05) is 27.2 Å². The number of likely N-dealkylation sites (N-methyl/N-ethyl adjacent to an activating group) is 1. The van der Waals surface area contributed by atoms with Gasteiger partial charge in [0.05, 0.1) is 5.92 Å². The molecule has 3 rings (SSSR count). The minimum absolute atomic E-state index is 0.0115. The molecule has 1 aromatic rings. The summed E-state index contributed by atoms with van der Waals surface area (Å²) in [6.45, 7) is 2.12. The maximum atomic E-state index is 12.5. The van der Waals surface area contributed by atoms with Crippen LogP contribution in [0.4, 0.5) is 0 Å². The van der Waals surface area contributed by atoms with E-state index in [1.54, 1.807) is 0 Å². The van der Waals surface area contributed by atoms with Crippen molar-refractivity contribution in [1.29, 1.82) is 0 Å². The molecular weight excluding hydrogens is 302 g/mol. The molecule has 0 radical (unpaired) electrons. The lowest BCUT2D eigenvalue weighted by Crippen LogP contribution is -2.45. The normalized spacial score (nSPS) is 28.3. The van der Waals surface area contributed by atoms with Crippen LogP contribution in [0.15, 0.2) is 24.3 Å². The van der Waals surface area contributed by atoms with Gasteiger partial charge in [0.2, 0.25) is 5.91 Å². The molecule has 5 nitrogen and oxygen atoms in total. The Hall–Kier alpha value is -1.59. The van der Waals surface area contributed by atoms with E-state index in [0.29, 0.717) is 25.0 Å². The minimum Gasteiger partial charge on any atom is -0.492 e. The molecule has 5 heteroatoms. The van der Waals surface area contributed by atoms with Gasteiger partial charge in [0.25, 0.3) is 0 Å². The second-order valence-electron chi connectivity index (χ2n) is 7.45. The summed E-state index contributed by atoms with van der Waals surface area (Å²) >= 11 is 0. The minimum atomic E-state index is 0.0115. The zero-order chi connectivity index (χ0) is 17.1. The predicted molar refractivity (Wildman–Crippen MR) is 94.6 cm³/mol. The molecule has 24 heavy (non-hydrogen) atoms. The van der Waals surface area contributed by atoms with Crippen LogP contribution in [-0.4, -0.2) is 44.1 Å². The van der Waals surface area contributed by atoms with Crippen LogP contribution in [0, 0.1) is 17.8 Å². The number of hydrogen-bond donors (Lipinski definition) is 2. The Labute approximate surface area is 144 Å². The Kier molecular flexibility index (Phi) is 5.41. The van der Waals surface area contributed by atoms with E-state index >= 15 is 0 Å². The number of nitrogens with two attached hydrogens (primary N) is 1. The average Bonchev–Trinajstić information content (AvgIpc) is 3.14. The highest BCUT2D eigenvalue weighted by molar-refractivity contribution is 5.80. The number of amides is 1. The van der Waals surface area contributed by atoms with Gasteiger partial charge in [0, 0.05) is 19.1 Å². The van der Waals surface area contributed by atoms with Crippen LogP contribution in [0.3, 0.4) is 0 Å². The first-order chi connectivity index (χ1) is 11.5. The number of fused-ring (bicyclic) bond motifs is 2. The molecule has 2 bridgehead atoms. The summed E-state index contributed by atoms with van der Waals surface area (Å²) in [5.41, 5.74) is 7.32. The molecule has 4 atom stereocenters. The molecule has 2 saturated carbocycles. The van der Waals surface area contributed by atoms with Crippen LogP contribution in [0.2, 0.25) is 0 Å². The Balaban J connectivity index is 1.45. The lowest BCUT2D eigenvalue weighted by Gasteiger charge is -2.27. The molecule has 132 valence electrons. The van der Waals surface area contributed by atoms with Gasteiger partial charge in [-0.25, -0.2) is 0 Å². The fourth-order valence-electron chi connectivity index (χ4n) is 4.08. The zero-order valence-corrected chi connectivity index (χ0v) is 14.7. The second-order valence-corrected chi connectivity index (χ2v) is 7.45. The number of ether oxygens (including phenoxy) is 1. The van der Waals surface area contributed by atoms with E-state index in [1.807, 2.05) is 38.4 Å². The summed E-state index contributed by atoms with van der Waals surface area (Å²) in [4.78, 5) is 14.6. The molecule has 0 saturated heterocycles. The van der Waals surface area contributed by atoms with E-state index < -0.39 is 0 Å². The van der Waals surface area contributed by atoms with Gasteiger partial charge in [-0.15, -0.1) is 0 Å². The predicted octanol–water partition coefficient (Wildman–Crippen LogP) is 1.62. The largest absolute Gasteiger partial charge is 0.492 e. The number of nitrogens with one attached hydrogen (secondary N) is 1. The summed E-state index contributed by atoms with van der Waals surface area (Å²) in [5.74, 6) is 2.06. The molecule has 2 fully saturated rings. The second kappa shape index (κ2) is 7.53. The maximum absolute atomic E-state index is 12.5. The van der Waals surface area contributed by atoms with E-state index in [2.05, 4.69) is 10.2 Å². The van der Waals surface area contributed by atoms with Crippen LogP contribution in [0.5, 0.6) is 5.75 Å². The van der Waals surface area contributed by atoms with E-state index in [9.17, 15) is 4.79 Å². The molecule has 1 amide bonds. The van der Waals surface area contributed by atoms with Crippen molar-refractivity contribution < 1.29 is 9.53 Å². The van der Waals surface area contributed by atoms with Crippen molar-refractivity contribution in [1.82, 2.24) is 10.2 Å². The first-order valence-electron chi connectivity index (χ1n) is 8.94. The molecule has 0 spiro atoms. The monoisotopic (exact) mass is 331 g/mol. The van der Waals surface area contributed by atoms with Crippen molar-refractivity contribution in [2.24, 2.45) is 23.5 Å². The number of carbonyl (C=O) groups is 1. The molecule has 0 heterocycles. The first kappa shape index (κ1) is 17.2. The van der Waals surface area contributed by atoms with Crippen LogP contribution >= 0.6 is 0 Å². The molecular formula is C19H29N3O2. The van der Waals surface area contributed by atoms with Crippen LogP contribution < -0.4 is 15.8 Å². The molecule has 1 aromatic carbocycles. The van der Waals surface area contributed by atoms with Gasteiger partial charge in [0.1, 0.15) is 12.4 Å². The maximum Gasteiger partial charge on any atom is 0.225 e. The van der Waals surface area contributed by atoms with Crippen LogP contribution in [0.1, 0.15) is 24.8 Å². The van der Waals surface area contributed by atoms with Gasteiger partial charge in [-0.1, -0.05) is 12.1 Å². The van der Waals surface area contributed by atoms with Gasteiger partial charge in [0.15, 0.2) is 0 Å². The number of benzene rings is 1. The van der Waals surface area contributed by atoms with E-state index in [4.69, 9.17) is 10.5 Å². The van der Waals surface area contributed by atoms with Gasteiger partial charge >= 0.3 is 0 Å². The Morgan fingerprint density at radius 1 is 1.25 bits per heavy atom. The SMILES string of the molecule is CN(C)CCOc1ccc(CNC(=O)C2C3CCC(C3)C2N)cc1. The molecule has 4 unspecified atom stereocenters. The molecule has 2 aliphatic rings. The van der Waals surface area contributed by atoms with Gasteiger partial charge in [-0.05, 0) is 62.9 Å². The number of nitrogens with zero attached hydrogens (tertiary/aromatic N) is 1. The average molecular weight is 331 g/mol. The fourth-order valence-corrected chi connectivity index (χ4v) is 4.08. The van der Waals surface area contributed by atoms with Gasteiger partial charge in [-0.2, -0.15) is 0 Å². The summed E-state index contributed by atoms with van der Waals surface area (Å²) in [5, 5.41) is 3.07. The third-order valence-corrected chi connectivity index (χ3v) is 5.48. The summed E-state index contributed by atoms with van der Waals surface area (Å²) in [6.07, 6.45) is 3.50. The molecule has 0 aromatic heterocycles. The number of carbonyl (C=O) groups excluding carboxylic acids is 1. The number of rotatable bonds is 7. The van der Waals surface area contributed by atoms with E-state index in [-0.39, 0.29) is 17.9 Å². The molecule has 3 N–H and O–H groups in total. The Bertz CT molecular complexity index is 556. The van der Waals surface area contributed by atoms with Crippen LogP contribution in [-0.2, 0) is 11.3 Å². The van der Waals surface area contributed by atoms with E-state index in [0.717, 1.165) is 30.7 Å². The lowest BCUT2D eigenvalue weighted by atomic mass is 9.84. The standard InChI is InChI=1S/C19H29N3O2/c1-22(2)9-10-24-16-7-3-13(4-8-16)12-21-19(23)17-14-5-6-15(11-14)18(17)20/h3-4,7-8,14-15,17-18H,5-6,9-12,20H2,1-2H3,(H,21,23). The quantitative estimate of drug-likeness (QED) is 0.797. The summed E-state index contributed by atoms with van der Waals surface area (Å²) in [6, 6.07) is 7.98. The van der Waals surface area contributed by atoms with Crippen molar-refractivity contribution in [3.63, 3.8) is 0 Å². The van der Waals surface area contributed by atoms with Crippen molar-refractivity contribution in [3.05, 3.63) is 29.8 Å². The smallest absolute Gasteiger partial charge is 0.225 e. The van der Waals surface area contributed by atoms with Crippen molar-refractivity contribution in [3.8, 4) is 5.75 Å². The summed E-state index contributed by atoms with van der Waals surface area (Å²) < 4.78 is 5.68. The third kappa shape index (κ3) is 3.90. The van der Waals surface area contributed by atoms with Crippen molar-refractivity contribution in [2.45, 2.75) is 31.8 Å². The highest BCUT2D eigenvalue weighted by Gasteiger charge is 2.48. The highest BCUT2D eigenvalue weighted by atomic mass is 16.5. The van der Waals surface area contributed by atoms with Gasteiger partial charge < -0.3 is 20.7 Å². The fraction of sp³-hybridized carbons (Fsp3) is 0.632. The van der Waals surface area contributed by atoms with Gasteiger partial charge in [-0.3, -0.25) is 4.79 Å². The number of hydrogen-bond acceptors (Lipinski definition) is 4. The van der Waals surface area contributed by atoms with Crippen molar-refractivity contribution >= 4 is 5.91 Å². The Morgan fingerprint density at radius 3 is 2.58 bits per heavy atom. The molecule has 0 aliphatic heterocycles. The zero-order valence-electron chi connectivity index (χ0n) is 14.7. The topological polar surface area (TPSA) is 67.6 Å². The summed E-state index contributed by atoms with van der Waals surface area (Å²) in [7, 11) is 4.05. The highest BCUT2D eigenvalue weighted by Crippen LogP contribution is 2.47. The van der Waals surface area contributed by atoms with Crippen LogP contribution in [0.25, 0.3) is 0 Å².